The van der Waals surface area contributed by atoms with E-state index in [0.29, 0.717) is 13.2 Å². The minimum atomic E-state index is -1.22. The van der Waals surface area contributed by atoms with Gasteiger partial charge in [-0.05, 0) is 6.42 Å². The van der Waals surface area contributed by atoms with Crippen LogP contribution in [0.3, 0.4) is 0 Å². The van der Waals surface area contributed by atoms with Crippen molar-refractivity contribution in [2.45, 2.75) is 26.1 Å². The maximum atomic E-state index is 11.6. The number of hydrogen-bond donors (Lipinski definition) is 1. The second-order valence-corrected chi connectivity index (χ2v) is 4.01. The maximum Gasteiger partial charge on any atom is 0.354 e. The van der Waals surface area contributed by atoms with Gasteiger partial charge in [0.05, 0.1) is 6.61 Å². The summed E-state index contributed by atoms with van der Waals surface area (Å²) in [6.45, 7) is 4.12. The zero-order chi connectivity index (χ0) is 11.8. The van der Waals surface area contributed by atoms with Crippen LogP contribution in [0, 0.1) is 0 Å². The summed E-state index contributed by atoms with van der Waals surface area (Å²) in [4.78, 5) is 23.2. The third kappa shape index (κ3) is 1.95. The summed E-state index contributed by atoms with van der Waals surface area (Å²) in [5.74, 6) is -2.50. The molecule has 2 fully saturated rings. The van der Waals surface area contributed by atoms with Crippen LogP contribution in [0.25, 0.3) is 0 Å². The molecule has 0 aliphatic carbocycles. The molecule has 2 heterocycles. The molecule has 2 rings (SSSR count). The highest BCUT2D eigenvalue weighted by molar-refractivity contribution is 6.15. The summed E-state index contributed by atoms with van der Waals surface area (Å²) < 4.78 is 15.1. The van der Waals surface area contributed by atoms with Crippen LogP contribution >= 0.6 is 0 Å². The van der Waals surface area contributed by atoms with Gasteiger partial charge in [0.25, 0.3) is 5.79 Å². The fourth-order valence-electron chi connectivity index (χ4n) is 1.50. The Morgan fingerprint density at radius 3 is 2.31 bits per heavy atom. The monoisotopic (exact) mass is 227 g/mol. The van der Waals surface area contributed by atoms with Crippen LogP contribution in [0.1, 0.15) is 20.3 Å². The second-order valence-electron chi connectivity index (χ2n) is 4.01. The van der Waals surface area contributed by atoms with Gasteiger partial charge >= 0.3 is 11.9 Å². The first-order valence-electron chi connectivity index (χ1n) is 5.07. The van der Waals surface area contributed by atoms with Gasteiger partial charge in [0.1, 0.15) is 0 Å². The molecule has 6 heteroatoms. The lowest BCUT2D eigenvalue weighted by Crippen LogP contribution is -2.44. The fourth-order valence-corrected chi connectivity index (χ4v) is 1.50. The summed E-state index contributed by atoms with van der Waals surface area (Å²) in [5.41, 5.74) is -0.195. The summed E-state index contributed by atoms with van der Waals surface area (Å²) in [7, 11) is 0. The van der Waals surface area contributed by atoms with E-state index in [1.807, 2.05) is 0 Å². The minimum absolute atomic E-state index is 0.150. The summed E-state index contributed by atoms with van der Waals surface area (Å²) in [6.07, 6.45) is 0.826. The lowest BCUT2D eigenvalue weighted by molar-refractivity contribution is -0.223. The van der Waals surface area contributed by atoms with Crippen LogP contribution in [-0.4, -0.2) is 30.9 Å². The molecule has 0 spiro atoms. The molecule has 1 N–H and O–H groups in total. The molecule has 0 aromatic heterocycles. The Bertz CT molecular complexity index is 341. The van der Waals surface area contributed by atoms with Crippen molar-refractivity contribution in [1.29, 1.82) is 0 Å². The number of nitrogens with one attached hydrogen (secondary N) is 1. The van der Waals surface area contributed by atoms with E-state index in [4.69, 9.17) is 14.2 Å². The van der Waals surface area contributed by atoms with E-state index in [0.717, 1.165) is 6.42 Å². The molecule has 88 valence electrons. The average Bonchev–Trinajstić information content (AvgIpc) is 2.16. The van der Waals surface area contributed by atoms with Crippen molar-refractivity contribution in [3.63, 3.8) is 0 Å². The van der Waals surface area contributed by atoms with Gasteiger partial charge in [0.2, 0.25) is 11.5 Å². The molecular formula is C10H13NO5. The lowest BCUT2D eigenvalue weighted by Gasteiger charge is -2.31. The van der Waals surface area contributed by atoms with Crippen molar-refractivity contribution in [1.82, 2.24) is 5.32 Å². The predicted molar refractivity (Wildman–Crippen MR) is 51.9 cm³/mol. The number of carbonyl (C=O) groups excluding carboxylic acids is 2. The van der Waals surface area contributed by atoms with Crippen molar-refractivity contribution in [2.75, 3.05) is 13.2 Å². The van der Waals surface area contributed by atoms with Gasteiger partial charge in [-0.3, -0.25) is 0 Å². The van der Waals surface area contributed by atoms with Gasteiger partial charge in [-0.15, -0.1) is 0 Å². The smallest absolute Gasteiger partial charge is 0.354 e. The SMILES string of the molecule is CC1(C)OC(=O)C(=C2NCCCO2)C(=O)O1. The summed E-state index contributed by atoms with van der Waals surface area (Å²) in [5, 5.41) is 2.83. The van der Waals surface area contributed by atoms with E-state index in [1.165, 1.54) is 13.8 Å². The Hall–Kier alpha value is -1.72. The topological polar surface area (TPSA) is 73.9 Å². The molecule has 0 unspecified atom stereocenters. The van der Waals surface area contributed by atoms with Crippen LogP contribution in [-0.2, 0) is 23.8 Å². The van der Waals surface area contributed by atoms with E-state index in [9.17, 15) is 9.59 Å². The van der Waals surface area contributed by atoms with Gasteiger partial charge in [-0.25, -0.2) is 9.59 Å². The Morgan fingerprint density at radius 1 is 1.19 bits per heavy atom. The first-order valence-corrected chi connectivity index (χ1v) is 5.07. The first-order chi connectivity index (χ1) is 7.49. The molecule has 2 aliphatic rings. The molecule has 0 amide bonds. The highest BCUT2D eigenvalue weighted by Gasteiger charge is 2.42. The van der Waals surface area contributed by atoms with Crippen LogP contribution in [0.5, 0.6) is 0 Å². The molecule has 0 aromatic carbocycles. The van der Waals surface area contributed by atoms with Gasteiger partial charge < -0.3 is 19.5 Å². The van der Waals surface area contributed by atoms with Gasteiger partial charge in [-0.2, -0.15) is 0 Å². The number of ether oxygens (including phenoxy) is 3. The highest BCUT2D eigenvalue weighted by atomic mass is 16.7. The van der Waals surface area contributed by atoms with Crippen LogP contribution in [0.4, 0.5) is 0 Å². The van der Waals surface area contributed by atoms with E-state index in [-0.39, 0.29) is 11.5 Å². The Morgan fingerprint density at radius 2 is 1.81 bits per heavy atom. The molecule has 0 radical (unpaired) electrons. The second kappa shape index (κ2) is 3.70. The van der Waals surface area contributed by atoms with Crippen LogP contribution in [0.2, 0.25) is 0 Å². The fraction of sp³-hybridized carbons (Fsp3) is 0.600. The van der Waals surface area contributed by atoms with Crippen molar-refractivity contribution < 1.29 is 23.8 Å². The molecule has 0 bridgehead atoms. The summed E-state index contributed by atoms with van der Waals surface area (Å²) in [6, 6.07) is 0. The number of esters is 2. The lowest BCUT2D eigenvalue weighted by atomic mass is 10.2. The zero-order valence-electron chi connectivity index (χ0n) is 9.16. The maximum absolute atomic E-state index is 11.6. The zero-order valence-corrected chi connectivity index (χ0v) is 9.16. The Kier molecular flexibility index (Phi) is 2.49. The number of carbonyl (C=O) groups is 2. The van der Waals surface area contributed by atoms with E-state index < -0.39 is 17.7 Å². The predicted octanol–water partition coefficient (Wildman–Crippen LogP) is 0.0440. The Labute approximate surface area is 92.5 Å². The number of rotatable bonds is 0. The third-order valence-corrected chi connectivity index (χ3v) is 2.17. The summed E-state index contributed by atoms with van der Waals surface area (Å²) >= 11 is 0. The largest absolute Gasteiger partial charge is 0.478 e. The highest BCUT2D eigenvalue weighted by Crippen LogP contribution is 2.24. The molecule has 2 saturated heterocycles. The van der Waals surface area contributed by atoms with Gasteiger partial charge in [0, 0.05) is 20.4 Å². The van der Waals surface area contributed by atoms with Crippen LogP contribution in [0.15, 0.2) is 11.5 Å². The Balaban J connectivity index is 2.28. The number of hydrogen-bond acceptors (Lipinski definition) is 6. The van der Waals surface area contributed by atoms with E-state index in [2.05, 4.69) is 5.32 Å². The first kappa shape index (κ1) is 10.8. The molecule has 0 atom stereocenters. The van der Waals surface area contributed by atoms with Gasteiger partial charge in [-0.1, -0.05) is 0 Å². The average molecular weight is 227 g/mol. The van der Waals surface area contributed by atoms with E-state index >= 15 is 0 Å². The quantitative estimate of drug-likeness (QED) is 0.358. The normalized spacial score (nSPS) is 24.1. The molecule has 0 aromatic rings. The molecule has 2 aliphatic heterocycles. The molecule has 16 heavy (non-hydrogen) atoms. The van der Waals surface area contributed by atoms with Crippen molar-refractivity contribution in [3.8, 4) is 0 Å². The molecular weight excluding hydrogens is 214 g/mol. The van der Waals surface area contributed by atoms with E-state index in [1.54, 1.807) is 0 Å². The van der Waals surface area contributed by atoms with Crippen molar-refractivity contribution >= 4 is 11.9 Å². The number of cyclic esters (lactones) is 2. The minimum Gasteiger partial charge on any atom is -0.478 e. The molecule has 0 saturated carbocycles. The van der Waals surface area contributed by atoms with Crippen LogP contribution < -0.4 is 5.32 Å². The third-order valence-electron chi connectivity index (χ3n) is 2.17. The molecule has 6 nitrogen and oxygen atoms in total. The van der Waals surface area contributed by atoms with Crippen molar-refractivity contribution in [3.05, 3.63) is 11.5 Å². The van der Waals surface area contributed by atoms with Crippen molar-refractivity contribution in [2.24, 2.45) is 0 Å². The standard InChI is InChI=1S/C10H13NO5/c1-10(2)15-8(12)6(9(13)16-10)7-11-4-3-5-14-7/h11H,3-5H2,1-2H3. The van der Waals surface area contributed by atoms with Gasteiger partial charge in [0.15, 0.2) is 0 Å².